The quantitative estimate of drug-likeness (QED) is 0.794. The number of likely N-dealkylation sites (N-methyl/N-ethyl adjacent to an activating group) is 1. The van der Waals surface area contributed by atoms with Gasteiger partial charge in [0.15, 0.2) is 0 Å². The van der Waals surface area contributed by atoms with Crippen molar-refractivity contribution >= 4 is 6.03 Å². The third-order valence-corrected chi connectivity index (χ3v) is 3.87. The van der Waals surface area contributed by atoms with Gasteiger partial charge in [-0.05, 0) is 24.6 Å². The number of H-pyrrole nitrogens is 1. The molecule has 5 heteroatoms. The van der Waals surface area contributed by atoms with Gasteiger partial charge >= 0.3 is 6.03 Å². The van der Waals surface area contributed by atoms with Gasteiger partial charge in [0.05, 0.1) is 6.04 Å². The molecule has 3 heterocycles. The molecule has 5 nitrogen and oxygen atoms in total. The molecule has 2 amide bonds. The largest absolute Gasteiger partial charge is 0.367 e. The molecule has 1 aromatic rings. The highest BCUT2D eigenvalue weighted by Crippen LogP contribution is 2.30. The zero-order chi connectivity index (χ0) is 11.8. The van der Waals surface area contributed by atoms with Crippen molar-refractivity contribution in [1.82, 2.24) is 20.1 Å². The smallest absolute Gasteiger partial charge is 0.320 e. The van der Waals surface area contributed by atoms with Crippen LogP contribution in [-0.4, -0.2) is 53.5 Å². The molecule has 2 atom stereocenters. The van der Waals surface area contributed by atoms with Crippen molar-refractivity contribution in [1.29, 1.82) is 0 Å². The second-order valence-corrected chi connectivity index (χ2v) is 4.85. The van der Waals surface area contributed by atoms with Crippen molar-refractivity contribution in [3.63, 3.8) is 0 Å². The Labute approximate surface area is 101 Å². The Kier molecular flexibility index (Phi) is 2.55. The molecule has 2 fully saturated rings. The van der Waals surface area contributed by atoms with Crippen molar-refractivity contribution in [2.45, 2.75) is 18.5 Å². The highest BCUT2D eigenvalue weighted by molar-refractivity contribution is 5.77. The maximum absolute atomic E-state index is 12.2. The highest BCUT2D eigenvalue weighted by atomic mass is 16.2. The molecular weight excluding hydrogens is 216 g/mol. The number of amides is 2. The third-order valence-electron chi connectivity index (χ3n) is 3.87. The number of aromatic nitrogens is 1. The van der Waals surface area contributed by atoms with Crippen molar-refractivity contribution in [2.24, 2.45) is 0 Å². The van der Waals surface area contributed by atoms with E-state index in [1.165, 1.54) is 5.56 Å². The maximum Gasteiger partial charge on any atom is 0.320 e. The van der Waals surface area contributed by atoms with Crippen LogP contribution in [0.3, 0.4) is 0 Å². The predicted octanol–water partition coefficient (Wildman–Crippen LogP) is 0.785. The molecule has 0 aromatic carbocycles. The summed E-state index contributed by atoms with van der Waals surface area (Å²) in [6.07, 6.45) is 4.96. The molecule has 17 heavy (non-hydrogen) atoms. The zero-order valence-electron chi connectivity index (χ0n) is 10.0. The van der Waals surface area contributed by atoms with Gasteiger partial charge < -0.3 is 20.1 Å². The maximum atomic E-state index is 12.2. The Morgan fingerprint density at radius 1 is 1.47 bits per heavy atom. The Balaban J connectivity index is 1.79. The lowest BCUT2D eigenvalue weighted by atomic mass is 10.1. The van der Waals surface area contributed by atoms with Crippen molar-refractivity contribution in [2.75, 3.05) is 26.7 Å². The number of hydrogen-bond donors (Lipinski definition) is 2. The van der Waals surface area contributed by atoms with Crippen molar-refractivity contribution in [3.05, 3.63) is 24.0 Å². The molecule has 3 rings (SSSR count). The van der Waals surface area contributed by atoms with Crippen LogP contribution in [0, 0.1) is 0 Å². The molecule has 0 radical (unpaired) electrons. The summed E-state index contributed by atoms with van der Waals surface area (Å²) < 4.78 is 0. The van der Waals surface area contributed by atoms with E-state index in [-0.39, 0.29) is 12.1 Å². The van der Waals surface area contributed by atoms with E-state index in [2.05, 4.69) is 10.3 Å². The van der Waals surface area contributed by atoms with E-state index in [9.17, 15) is 4.79 Å². The summed E-state index contributed by atoms with van der Waals surface area (Å²) in [6, 6.07) is 2.76. The predicted molar refractivity (Wildman–Crippen MR) is 64.7 cm³/mol. The molecule has 0 bridgehead atoms. The Morgan fingerprint density at radius 2 is 2.35 bits per heavy atom. The second-order valence-electron chi connectivity index (χ2n) is 4.85. The summed E-state index contributed by atoms with van der Waals surface area (Å²) in [5, 5.41) is 3.32. The number of nitrogens with one attached hydrogen (secondary N) is 2. The van der Waals surface area contributed by atoms with Gasteiger partial charge in [0.1, 0.15) is 0 Å². The van der Waals surface area contributed by atoms with Gasteiger partial charge in [-0.1, -0.05) is 0 Å². The average Bonchev–Trinajstić information content (AvgIpc) is 3.02. The number of hydrogen-bond acceptors (Lipinski definition) is 2. The van der Waals surface area contributed by atoms with E-state index in [1.807, 2.05) is 35.3 Å². The van der Waals surface area contributed by atoms with E-state index in [0.29, 0.717) is 6.04 Å². The van der Waals surface area contributed by atoms with Crippen molar-refractivity contribution < 1.29 is 4.79 Å². The molecule has 2 N–H and O–H groups in total. The lowest BCUT2D eigenvalue weighted by molar-refractivity contribution is 0.184. The summed E-state index contributed by atoms with van der Waals surface area (Å²) in [7, 11) is 1.89. The summed E-state index contributed by atoms with van der Waals surface area (Å²) in [6.45, 7) is 2.76. The second kappa shape index (κ2) is 4.07. The van der Waals surface area contributed by atoms with Gasteiger partial charge in [-0.15, -0.1) is 0 Å². The first-order chi connectivity index (χ1) is 8.27. The van der Waals surface area contributed by atoms with Crippen LogP contribution < -0.4 is 5.32 Å². The molecule has 92 valence electrons. The van der Waals surface area contributed by atoms with Crippen LogP contribution in [0.4, 0.5) is 4.79 Å². The van der Waals surface area contributed by atoms with Crippen LogP contribution in [0.15, 0.2) is 18.5 Å². The number of urea groups is 1. The van der Waals surface area contributed by atoms with Crippen LogP contribution >= 0.6 is 0 Å². The Bertz CT molecular complexity index is 397. The topological polar surface area (TPSA) is 51.4 Å². The van der Waals surface area contributed by atoms with Crippen LogP contribution in [0.25, 0.3) is 0 Å². The minimum atomic E-state index is 0.157. The van der Waals surface area contributed by atoms with Gasteiger partial charge in [0, 0.05) is 38.6 Å². The van der Waals surface area contributed by atoms with E-state index < -0.39 is 0 Å². The molecule has 0 saturated carbocycles. The first kappa shape index (κ1) is 10.7. The molecule has 1 aromatic heterocycles. The normalized spacial score (nSPS) is 29.4. The first-order valence-corrected chi connectivity index (χ1v) is 6.14. The molecule has 0 spiro atoms. The number of carbonyl (C=O) groups excluding carboxylic acids is 1. The van der Waals surface area contributed by atoms with Gasteiger partial charge in [0.25, 0.3) is 0 Å². The third kappa shape index (κ3) is 1.70. The lowest BCUT2D eigenvalue weighted by Gasteiger charge is -2.22. The highest BCUT2D eigenvalue weighted by Gasteiger charge is 2.39. The fourth-order valence-corrected chi connectivity index (χ4v) is 2.81. The number of nitrogens with zero attached hydrogens (tertiary/aromatic N) is 2. The summed E-state index contributed by atoms with van der Waals surface area (Å²) in [5.74, 6) is 0. The Morgan fingerprint density at radius 3 is 3.00 bits per heavy atom. The number of aromatic amines is 1. The average molecular weight is 234 g/mol. The molecule has 2 aliphatic heterocycles. The van der Waals surface area contributed by atoms with Crippen LogP contribution in [0.5, 0.6) is 0 Å². The Hall–Kier alpha value is -1.49. The van der Waals surface area contributed by atoms with E-state index in [0.717, 1.165) is 26.1 Å². The monoisotopic (exact) mass is 234 g/mol. The fourth-order valence-electron chi connectivity index (χ4n) is 2.81. The van der Waals surface area contributed by atoms with Crippen LogP contribution in [-0.2, 0) is 0 Å². The van der Waals surface area contributed by atoms with Crippen LogP contribution in [0.1, 0.15) is 18.0 Å². The van der Waals surface area contributed by atoms with E-state index >= 15 is 0 Å². The summed E-state index contributed by atoms with van der Waals surface area (Å²) >= 11 is 0. The summed E-state index contributed by atoms with van der Waals surface area (Å²) in [4.78, 5) is 19.1. The van der Waals surface area contributed by atoms with Gasteiger partial charge in [-0.3, -0.25) is 0 Å². The zero-order valence-corrected chi connectivity index (χ0v) is 10.0. The van der Waals surface area contributed by atoms with Gasteiger partial charge in [-0.25, -0.2) is 4.79 Å². The SMILES string of the molecule is CN1C(=O)N(C2CCNC2)CC1c1cc[nH]c1. The first-order valence-electron chi connectivity index (χ1n) is 6.14. The molecule has 2 saturated heterocycles. The lowest BCUT2D eigenvalue weighted by Crippen LogP contribution is -2.39. The molecule has 2 aliphatic rings. The van der Waals surface area contributed by atoms with Gasteiger partial charge in [-0.2, -0.15) is 0 Å². The number of rotatable bonds is 2. The van der Waals surface area contributed by atoms with E-state index in [4.69, 9.17) is 0 Å². The number of carbonyl (C=O) groups is 1. The minimum Gasteiger partial charge on any atom is -0.367 e. The molecular formula is C12H18N4O. The fraction of sp³-hybridized carbons (Fsp3) is 0.583. The summed E-state index contributed by atoms with van der Waals surface area (Å²) in [5.41, 5.74) is 1.19. The minimum absolute atomic E-state index is 0.157. The van der Waals surface area contributed by atoms with Crippen molar-refractivity contribution in [3.8, 4) is 0 Å². The van der Waals surface area contributed by atoms with Crippen LogP contribution in [0.2, 0.25) is 0 Å². The molecule has 0 aliphatic carbocycles. The standard InChI is InChI=1S/C12H18N4O/c1-15-11(9-2-4-13-6-9)8-16(12(15)17)10-3-5-14-7-10/h2,4,6,10-11,13-14H,3,5,7-8H2,1H3. The van der Waals surface area contributed by atoms with E-state index in [1.54, 1.807) is 0 Å². The van der Waals surface area contributed by atoms with Gasteiger partial charge in [0.2, 0.25) is 0 Å². The molecule has 2 unspecified atom stereocenters.